The van der Waals surface area contributed by atoms with Crippen molar-refractivity contribution in [1.29, 1.82) is 0 Å². The van der Waals surface area contributed by atoms with Crippen LogP contribution in [0, 0.1) is 6.92 Å². The third kappa shape index (κ3) is 7.28. The second-order valence-electron chi connectivity index (χ2n) is 10.1. The third-order valence-electron chi connectivity index (χ3n) is 6.03. The molecule has 0 saturated heterocycles. The lowest BCUT2D eigenvalue weighted by atomic mass is 9.92. The molecule has 186 valence electrons. The highest BCUT2D eigenvalue weighted by atomic mass is 16.2. The van der Waals surface area contributed by atoms with Gasteiger partial charge in [0.25, 0.3) is 5.91 Å². The van der Waals surface area contributed by atoms with Gasteiger partial charge in [0.1, 0.15) is 5.82 Å². The first-order chi connectivity index (χ1) is 16.7. The molecule has 0 aliphatic carbocycles. The zero-order valence-electron chi connectivity index (χ0n) is 21.6. The van der Waals surface area contributed by atoms with Gasteiger partial charge in [-0.2, -0.15) is 5.10 Å². The van der Waals surface area contributed by atoms with E-state index in [2.05, 4.69) is 38.3 Å². The Balaban J connectivity index is 1.63. The van der Waals surface area contributed by atoms with Gasteiger partial charge in [0.15, 0.2) is 0 Å². The number of amides is 2. The molecule has 0 saturated carbocycles. The Morgan fingerprint density at radius 3 is 2.34 bits per heavy atom. The van der Waals surface area contributed by atoms with Crippen molar-refractivity contribution >= 4 is 17.6 Å². The van der Waals surface area contributed by atoms with Crippen LogP contribution in [0.4, 0.5) is 5.82 Å². The maximum Gasteiger partial charge on any atom is 0.251 e. The fraction of sp³-hybridized carbons (Fsp3) is 0.414. The molecular formula is C29H38N4O2. The number of aryl methyl sites for hydroxylation is 2. The fourth-order valence-electron chi connectivity index (χ4n) is 3.85. The number of hydrogen-bond donors (Lipinski definition) is 2. The van der Waals surface area contributed by atoms with Crippen molar-refractivity contribution in [2.24, 2.45) is 0 Å². The smallest absolute Gasteiger partial charge is 0.251 e. The van der Waals surface area contributed by atoms with E-state index in [0.717, 1.165) is 29.8 Å². The van der Waals surface area contributed by atoms with Crippen LogP contribution < -0.4 is 10.6 Å². The quantitative estimate of drug-likeness (QED) is 0.356. The number of aromatic nitrogens is 2. The number of rotatable bonds is 10. The van der Waals surface area contributed by atoms with E-state index in [1.165, 1.54) is 24.8 Å². The number of carbonyl (C=O) groups is 2. The Labute approximate surface area is 209 Å². The van der Waals surface area contributed by atoms with E-state index in [0.29, 0.717) is 11.4 Å². The van der Waals surface area contributed by atoms with E-state index < -0.39 is 0 Å². The van der Waals surface area contributed by atoms with Crippen molar-refractivity contribution in [3.05, 3.63) is 77.0 Å². The Bertz CT molecular complexity index is 1140. The lowest BCUT2D eigenvalue weighted by molar-refractivity contribution is -0.115. The normalized spacial score (nSPS) is 11.3. The standard InChI is InChI=1S/C29H38N4O2/c1-6-7-8-9-13-22-15-17-23(18-16-22)28(35)30-20-27(34)31-26-19-25(29(3,4)5)32-33(26)24-14-11-10-12-21(24)2/h10-12,14-19H,6-9,13,20H2,1-5H3,(H,30,35)(H,31,34). The second kappa shape index (κ2) is 11.8. The van der Waals surface area contributed by atoms with Crippen molar-refractivity contribution in [3.63, 3.8) is 0 Å². The van der Waals surface area contributed by atoms with E-state index in [9.17, 15) is 9.59 Å². The Morgan fingerprint density at radius 2 is 1.69 bits per heavy atom. The van der Waals surface area contributed by atoms with Gasteiger partial charge in [-0.3, -0.25) is 9.59 Å². The average Bonchev–Trinajstić information content (AvgIpc) is 3.25. The molecule has 0 bridgehead atoms. The summed E-state index contributed by atoms with van der Waals surface area (Å²) in [4.78, 5) is 25.3. The van der Waals surface area contributed by atoms with Gasteiger partial charge < -0.3 is 10.6 Å². The number of benzene rings is 2. The monoisotopic (exact) mass is 474 g/mol. The zero-order chi connectivity index (χ0) is 25.4. The van der Waals surface area contributed by atoms with Gasteiger partial charge in [0.2, 0.25) is 5.91 Å². The van der Waals surface area contributed by atoms with Crippen LogP contribution in [0.5, 0.6) is 0 Å². The van der Waals surface area contributed by atoms with E-state index in [1.807, 2.05) is 61.5 Å². The fourth-order valence-corrected chi connectivity index (χ4v) is 3.85. The van der Waals surface area contributed by atoms with Crippen LogP contribution in [0.1, 0.15) is 80.6 Å². The number of para-hydroxylation sites is 1. The topological polar surface area (TPSA) is 76.0 Å². The van der Waals surface area contributed by atoms with Gasteiger partial charge in [0, 0.05) is 17.0 Å². The van der Waals surface area contributed by atoms with Gasteiger partial charge in [-0.15, -0.1) is 0 Å². The minimum atomic E-state index is -0.305. The van der Waals surface area contributed by atoms with Gasteiger partial charge in [-0.25, -0.2) is 4.68 Å². The predicted octanol–water partition coefficient (Wildman–Crippen LogP) is 5.97. The first-order valence-corrected chi connectivity index (χ1v) is 12.5. The molecule has 35 heavy (non-hydrogen) atoms. The van der Waals surface area contributed by atoms with Crippen molar-refractivity contribution in [1.82, 2.24) is 15.1 Å². The molecule has 2 amide bonds. The minimum absolute atomic E-state index is 0.124. The summed E-state index contributed by atoms with van der Waals surface area (Å²) in [5.74, 6) is 0.0115. The van der Waals surface area contributed by atoms with E-state index in [1.54, 1.807) is 4.68 Å². The molecule has 0 radical (unpaired) electrons. The maximum absolute atomic E-state index is 12.7. The lowest BCUT2D eigenvalue weighted by Crippen LogP contribution is -2.33. The summed E-state index contributed by atoms with van der Waals surface area (Å²) in [6.07, 6.45) is 5.89. The number of carbonyl (C=O) groups excluding carboxylic acids is 2. The summed E-state index contributed by atoms with van der Waals surface area (Å²) in [5.41, 5.74) is 4.43. The summed E-state index contributed by atoms with van der Waals surface area (Å²) in [6.45, 7) is 10.3. The molecule has 1 aromatic heterocycles. The highest BCUT2D eigenvalue weighted by Crippen LogP contribution is 2.27. The first-order valence-electron chi connectivity index (χ1n) is 12.5. The van der Waals surface area contributed by atoms with Crippen LogP contribution in [-0.2, 0) is 16.6 Å². The molecule has 0 atom stereocenters. The van der Waals surface area contributed by atoms with Gasteiger partial charge in [-0.05, 0) is 49.1 Å². The molecule has 6 nitrogen and oxygen atoms in total. The zero-order valence-corrected chi connectivity index (χ0v) is 21.6. The van der Waals surface area contributed by atoms with Crippen LogP contribution in [0.25, 0.3) is 5.69 Å². The molecule has 0 aliphatic heterocycles. The molecule has 0 aliphatic rings. The molecule has 2 aromatic carbocycles. The average molecular weight is 475 g/mol. The highest BCUT2D eigenvalue weighted by Gasteiger charge is 2.22. The molecule has 0 spiro atoms. The molecule has 1 heterocycles. The number of nitrogens with one attached hydrogen (secondary N) is 2. The summed E-state index contributed by atoms with van der Waals surface area (Å²) in [6, 6.07) is 17.4. The van der Waals surface area contributed by atoms with Crippen molar-refractivity contribution in [2.45, 2.75) is 72.1 Å². The molecule has 3 rings (SSSR count). The SMILES string of the molecule is CCCCCCc1ccc(C(=O)NCC(=O)Nc2cc(C(C)(C)C)nn2-c2ccccc2C)cc1. The summed E-state index contributed by atoms with van der Waals surface area (Å²) < 4.78 is 1.76. The van der Waals surface area contributed by atoms with Crippen molar-refractivity contribution in [2.75, 3.05) is 11.9 Å². The maximum atomic E-state index is 12.7. The molecule has 6 heteroatoms. The van der Waals surface area contributed by atoms with Crippen LogP contribution in [0.3, 0.4) is 0 Å². The lowest BCUT2D eigenvalue weighted by Gasteiger charge is -2.14. The Morgan fingerprint density at radius 1 is 0.971 bits per heavy atom. The molecule has 3 aromatic rings. The first kappa shape index (κ1) is 26.2. The van der Waals surface area contributed by atoms with Gasteiger partial charge in [0.05, 0.1) is 17.9 Å². The number of unbranched alkanes of at least 4 members (excludes halogenated alkanes) is 3. The molecule has 0 fully saturated rings. The Kier molecular flexibility index (Phi) is 8.85. The van der Waals surface area contributed by atoms with Crippen molar-refractivity contribution in [3.8, 4) is 5.69 Å². The Hall–Kier alpha value is -3.41. The van der Waals surface area contributed by atoms with Gasteiger partial charge in [-0.1, -0.05) is 77.3 Å². The van der Waals surface area contributed by atoms with Crippen LogP contribution in [0.2, 0.25) is 0 Å². The minimum Gasteiger partial charge on any atom is -0.343 e. The summed E-state index contributed by atoms with van der Waals surface area (Å²) in [7, 11) is 0. The summed E-state index contributed by atoms with van der Waals surface area (Å²) >= 11 is 0. The van der Waals surface area contributed by atoms with Crippen LogP contribution in [0.15, 0.2) is 54.6 Å². The van der Waals surface area contributed by atoms with Crippen LogP contribution in [-0.4, -0.2) is 28.1 Å². The predicted molar refractivity (Wildman–Crippen MR) is 142 cm³/mol. The number of hydrogen-bond acceptors (Lipinski definition) is 3. The van der Waals surface area contributed by atoms with Gasteiger partial charge >= 0.3 is 0 Å². The van der Waals surface area contributed by atoms with E-state index in [-0.39, 0.29) is 23.8 Å². The highest BCUT2D eigenvalue weighted by molar-refractivity contribution is 5.99. The number of anilines is 1. The second-order valence-corrected chi connectivity index (χ2v) is 10.1. The molecule has 0 unspecified atom stereocenters. The van der Waals surface area contributed by atoms with E-state index in [4.69, 9.17) is 5.10 Å². The third-order valence-corrected chi connectivity index (χ3v) is 6.03. The molecular weight excluding hydrogens is 436 g/mol. The number of nitrogens with zero attached hydrogens (tertiary/aromatic N) is 2. The molecule has 2 N–H and O–H groups in total. The van der Waals surface area contributed by atoms with Crippen molar-refractivity contribution < 1.29 is 9.59 Å². The van der Waals surface area contributed by atoms with E-state index >= 15 is 0 Å². The summed E-state index contributed by atoms with van der Waals surface area (Å²) in [5, 5.41) is 10.4. The largest absolute Gasteiger partial charge is 0.343 e. The van der Waals surface area contributed by atoms with Crippen LogP contribution >= 0.6 is 0 Å².